The number of nitrogens with zero attached hydrogens (tertiary/aromatic N) is 3. The zero-order chi connectivity index (χ0) is 18.2. The lowest BCUT2D eigenvalue weighted by atomic mass is 10.3. The maximum Gasteiger partial charge on any atom is 0.294 e. The Kier molecular flexibility index (Phi) is 6.26. The molecule has 0 atom stereocenters. The Bertz CT molecular complexity index is 880. The van der Waals surface area contributed by atoms with Crippen molar-refractivity contribution in [3.63, 3.8) is 0 Å². The van der Waals surface area contributed by atoms with Crippen LogP contribution < -0.4 is 15.6 Å². The van der Waals surface area contributed by atoms with E-state index in [1.165, 1.54) is 6.20 Å². The van der Waals surface area contributed by atoms with Gasteiger partial charge in [0.15, 0.2) is 0 Å². The Hall–Kier alpha value is -2.81. The van der Waals surface area contributed by atoms with Crippen LogP contribution in [0.1, 0.15) is 17.0 Å². The van der Waals surface area contributed by atoms with Crippen molar-refractivity contribution < 1.29 is 4.74 Å². The maximum atomic E-state index is 12.0. The number of aromatic nitrogens is 5. The third-order valence-electron chi connectivity index (χ3n) is 3.60. The molecule has 9 heteroatoms. The zero-order valence-corrected chi connectivity index (χ0v) is 15.2. The second kappa shape index (κ2) is 9.04. The molecule has 0 bridgehead atoms. The highest BCUT2D eigenvalue weighted by Gasteiger charge is 2.05. The first kappa shape index (κ1) is 18.0. The molecule has 26 heavy (non-hydrogen) atoms. The van der Waals surface area contributed by atoms with Gasteiger partial charge in [-0.2, -0.15) is 11.8 Å². The minimum Gasteiger partial charge on any atom is -0.482 e. The van der Waals surface area contributed by atoms with Crippen molar-refractivity contribution in [1.29, 1.82) is 0 Å². The quantitative estimate of drug-likeness (QED) is 0.494. The van der Waals surface area contributed by atoms with Crippen molar-refractivity contribution >= 4 is 17.7 Å². The molecule has 3 aromatic rings. The number of anilines is 1. The molecule has 136 valence electrons. The first-order valence-corrected chi connectivity index (χ1v) is 9.29. The first-order chi connectivity index (χ1) is 12.7. The van der Waals surface area contributed by atoms with Crippen LogP contribution in [-0.2, 0) is 12.4 Å². The summed E-state index contributed by atoms with van der Waals surface area (Å²) in [5, 5.41) is 3.10. The molecular formula is C17H20N6O2S. The van der Waals surface area contributed by atoms with Gasteiger partial charge in [0.25, 0.3) is 5.56 Å². The van der Waals surface area contributed by atoms with E-state index in [4.69, 9.17) is 4.74 Å². The summed E-state index contributed by atoms with van der Waals surface area (Å²) in [5.74, 6) is 2.33. The lowest BCUT2D eigenvalue weighted by Gasteiger charge is -2.07. The van der Waals surface area contributed by atoms with Gasteiger partial charge in [0.2, 0.25) is 11.7 Å². The van der Waals surface area contributed by atoms with Crippen LogP contribution in [-0.4, -0.2) is 37.2 Å². The second-order valence-electron chi connectivity index (χ2n) is 5.53. The summed E-state index contributed by atoms with van der Waals surface area (Å²) in [6.45, 7) is 2.97. The summed E-state index contributed by atoms with van der Waals surface area (Å²) >= 11 is 1.76. The molecule has 0 radical (unpaired) electrons. The van der Waals surface area contributed by atoms with Gasteiger partial charge in [-0.15, -0.1) is 0 Å². The Morgan fingerprint density at radius 2 is 2.23 bits per heavy atom. The second-order valence-corrected chi connectivity index (χ2v) is 6.63. The van der Waals surface area contributed by atoms with Crippen LogP contribution in [0.25, 0.3) is 0 Å². The largest absolute Gasteiger partial charge is 0.482 e. The number of imidazole rings is 1. The van der Waals surface area contributed by atoms with E-state index in [2.05, 4.69) is 30.2 Å². The van der Waals surface area contributed by atoms with Crippen molar-refractivity contribution in [2.75, 3.05) is 17.6 Å². The number of hydrogen-bond acceptors (Lipinski definition) is 7. The van der Waals surface area contributed by atoms with Crippen molar-refractivity contribution in [2.24, 2.45) is 0 Å². The minimum absolute atomic E-state index is 0.183. The fourth-order valence-electron chi connectivity index (χ4n) is 2.16. The van der Waals surface area contributed by atoms with Gasteiger partial charge >= 0.3 is 0 Å². The van der Waals surface area contributed by atoms with Gasteiger partial charge in [-0.1, -0.05) is 6.07 Å². The van der Waals surface area contributed by atoms with Crippen LogP contribution in [0.3, 0.4) is 0 Å². The van der Waals surface area contributed by atoms with E-state index in [1.807, 2.05) is 19.1 Å². The molecule has 3 heterocycles. The minimum atomic E-state index is -0.314. The molecule has 0 aliphatic heterocycles. The topological polar surface area (TPSA) is 109 Å². The molecule has 0 spiro atoms. The molecule has 8 nitrogen and oxygen atoms in total. The lowest BCUT2D eigenvalue weighted by Crippen LogP contribution is -2.16. The average Bonchev–Trinajstić information content (AvgIpc) is 3.06. The Morgan fingerprint density at radius 3 is 2.96 bits per heavy atom. The van der Waals surface area contributed by atoms with Gasteiger partial charge in [0.05, 0.1) is 18.2 Å². The van der Waals surface area contributed by atoms with E-state index >= 15 is 0 Å². The van der Waals surface area contributed by atoms with Crippen LogP contribution in [0.15, 0.2) is 41.8 Å². The van der Waals surface area contributed by atoms with E-state index in [9.17, 15) is 4.79 Å². The number of rotatable bonds is 9. The van der Waals surface area contributed by atoms with Gasteiger partial charge in [0.1, 0.15) is 6.61 Å². The number of hydrogen-bond donors (Lipinski definition) is 3. The fraction of sp³-hybridized carbons (Fsp3) is 0.294. The molecule has 0 saturated carbocycles. The normalized spacial score (nSPS) is 10.7. The molecule has 0 aliphatic rings. The highest BCUT2D eigenvalue weighted by atomic mass is 32.2. The van der Waals surface area contributed by atoms with Crippen molar-refractivity contribution in [3.8, 4) is 5.75 Å². The van der Waals surface area contributed by atoms with Crippen LogP contribution in [0.5, 0.6) is 5.75 Å². The highest BCUT2D eigenvalue weighted by Crippen LogP contribution is 2.12. The molecule has 0 fully saturated rings. The average molecular weight is 372 g/mol. The highest BCUT2D eigenvalue weighted by molar-refractivity contribution is 7.98. The molecular weight excluding hydrogens is 352 g/mol. The number of nitrogens with one attached hydrogen (secondary N) is 3. The SMILES string of the molecule is Cc1[nH]cnc1CSCCNc1ncc(OCc2cccnc2)c(=O)[nH]1. The molecule has 0 aromatic carbocycles. The van der Waals surface area contributed by atoms with Crippen LogP contribution in [0.4, 0.5) is 5.95 Å². The fourth-order valence-corrected chi connectivity index (χ4v) is 3.04. The van der Waals surface area contributed by atoms with Crippen molar-refractivity contribution in [3.05, 3.63) is 64.4 Å². The number of pyridine rings is 1. The monoisotopic (exact) mass is 372 g/mol. The van der Waals surface area contributed by atoms with Crippen molar-refractivity contribution in [2.45, 2.75) is 19.3 Å². The van der Waals surface area contributed by atoms with E-state index in [1.54, 1.807) is 30.5 Å². The number of aromatic amines is 2. The van der Waals surface area contributed by atoms with Gasteiger partial charge in [-0.05, 0) is 13.0 Å². The van der Waals surface area contributed by atoms with Gasteiger partial charge in [-0.25, -0.2) is 9.97 Å². The first-order valence-electron chi connectivity index (χ1n) is 8.14. The zero-order valence-electron chi connectivity index (χ0n) is 14.4. The van der Waals surface area contributed by atoms with E-state index in [-0.39, 0.29) is 17.9 Å². The standard InChI is InChI=1S/C17H20N6O2S/c1-12-14(22-11-21-12)10-26-6-5-19-17-20-8-15(16(24)23-17)25-9-13-3-2-4-18-7-13/h2-4,7-8,11H,5-6,9-10H2,1H3,(H,21,22)(H2,19,20,23,24). The van der Waals surface area contributed by atoms with Gasteiger partial charge in [0, 0.05) is 41.7 Å². The molecule has 0 amide bonds. The molecule has 0 unspecified atom stereocenters. The van der Waals surface area contributed by atoms with E-state index in [0.717, 1.165) is 28.5 Å². The van der Waals surface area contributed by atoms with Crippen LogP contribution in [0.2, 0.25) is 0 Å². The third kappa shape index (κ3) is 5.09. The molecule has 0 saturated heterocycles. The van der Waals surface area contributed by atoms with E-state index in [0.29, 0.717) is 12.5 Å². The van der Waals surface area contributed by atoms with Gasteiger partial charge in [-0.3, -0.25) is 14.8 Å². The Labute approximate surface area is 154 Å². The molecule has 0 aliphatic carbocycles. The predicted molar refractivity (Wildman–Crippen MR) is 101 cm³/mol. The summed E-state index contributed by atoms with van der Waals surface area (Å²) in [6, 6.07) is 3.70. The van der Waals surface area contributed by atoms with Gasteiger partial charge < -0.3 is 15.0 Å². The Morgan fingerprint density at radius 1 is 1.31 bits per heavy atom. The smallest absolute Gasteiger partial charge is 0.294 e. The Balaban J connectivity index is 1.42. The van der Waals surface area contributed by atoms with Crippen LogP contribution in [0, 0.1) is 6.92 Å². The molecule has 3 aromatic heterocycles. The predicted octanol–water partition coefficient (Wildman–Crippen LogP) is 2.12. The molecule has 3 N–H and O–H groups in total. The summed E-state index contributed by atoms with van der Waals surface area (Å²) in [5.41, 5.74) is 2.74. The summed E-state index contributed by atoms with van der Waals surface area (Å²) < 4.78 is 5.49. The lowest BCUT2D eigenvalue weighted by molar-refractivity contribution is 0.300. The molecule has 3 rings (SSSR count). The van der Waals surface area contributed by atoms with Crippen molar-refractivity contribution in [1.82, 2.24) is 24.9 Å². The number of thioether (sulfide) groups is 1. The summed E-state index contributed by atoms with van der Waals surface area (Å²) in [6.07, 6.45) is 6.51. The third-order valence-corrected chi connectivity index (χ3v) is 4.57. The number of aryl methyl sites for hydroxylation is 1. The van der Waals surface area contributed by atoms with E-state index < -0.39 is 0 Å². The number of ether oxygens (including phenoxy) is 1. The van der Waals surface area contributed by atoms with Crippen LogP contribution >= 0.6 is 11.8 Å². The summed E-state index contributed by atoms with van der Waals surface area (Å²) in [4.78, 5) is 30.2. The summed E-state index contributed by atoms with van der Waals surface area (Å²) in [7, 11) is 0. The maximum absolute atomic E-state index is 12.0. The number of H-pyrrole nitrogens is 2.